The highest BCUT2D eigenvalue weighted by molar-refractivity contribution is 5.92. The molecule has 2 aliphatic heterocycles. The highest BCUT2D eigenvalue weighted by atomic mass is 16.3. The first-order chi connectivity index (χ1) is 15.0. The number of nitrogens with zero attached hydrogens (tertiary/aromatic N) is 5. The molecule has 0 aliphatic carbocycles. The lowest BCUT2D eigenvalue weighted by Gasteiger charge is -2.34. The summed E-state index contributed by atoms with van der Waals surface area (Å²) < 4.78 is 5.65. The van der Waals surface area contributed by atoms with Crippen molar-refractivity contribution in [1.29, 1.82) is 0 Å². The van der Waals surface area contributed by atoms with Gasteiger partial charge in [0, 0.05) is 65.1 Å². The third-order valence-electron chi connectivity index (χ3n) is 6.52. The third-order valence-corrected chi connectivity index (χ3v) is 6.52. The average molecular weight is 426 g/mol. The van der Waals surface area contributed by atoms with E-state index in [4.69, 9.17) is 4.42 Å². The predicted molar refractivity (Wildman–Crippen MR) is 122 cm³/mol. The van der Waals surface area contributed by atoms with Gasteiger partial charge in [-0.3, -0.25) is 14.6 Å². The number of rotatable bonds is 6. The smallest absolute Gasteiger partial charge is 0.276 e. The van der Waals surface area contributed by atoms with Gasteiger partial charge in [0.05, 0.1) is 6.54 Å². The van der Waals surface area contributed by atoms with Crippen LogP contribution in [0.3, 0.4) is 0 Å². The molecule has 2 saturated heterocycles. The van der Waals surface area contributed by atoms with Gasteiger partial charge in [-0.1, -0.05) is 12.1 Å². The van der Waals surface area contributed by atoms with Gasteiger partial charge < -0.3 is 14.2 Å². The number of hydrogen-bond acceptors (Lipinski definition) is 6. The van der Waals surface area contributed by atoms with E-state index < -0.39 is 0 Å². The van der Waals surface area contributed by atoms with Crippen molar-refractivity contribution in [3.63, 3.8) is 0 Å². The number of hydrogen-bond donors (Lipinski definition) is 0. The summed E-state index contributed by atoms with van der Waals surface area (Å²) in [7, 11) is 4.13. The van der Waals surface area contributed by atoms with Crippen LogP contribution in [0, 0.1) is 0 Å². The molecular formula is C24H35N5O2. The quantitative estimate of drug-likeness (QED) is 0.709. The maximum absolute atomic E-state index is 12.8. The molecule has 0 radical (unpaired) electrons. The Balaban J connectivity index is 1.25. The summed E-state index contributed by atoms with van der Waals surface area (Å²) in [6.45, 7) is 8.58. The number of likely N-dealkylation sites (tertiary alicyclic amines) is 1. The molecule has 7 nitrogen and oxygen atoms in total. The largest absolute Gasteiger partial charge is 0.447 e. The van der Waals surface area contributed by atoms with Gasteiger partial charge in [0.25, 0.3) is 5.91 Å². The van der Waals surface area contributed by atoms with E-state index in [1.54, 1.807) is 0 Å². The summed E-state index contributed by atoms with van der Waals surface area (Å²) in [5, 5.41) is 0. The van der Waals surface area contributed by atoms with Crippen molar-refractivity contribution < 1.29 is 9.21 Å². The van der Waals surface area contributed by atoms with E-state index >= 15 is 0 Å². The summed E-state index contributed by atoms with van der Waals surface area (Å²) >= 11 is 0. The number of piperazine rings is 1. The van der Waals surface area contributed by atoms with Crippen molar-refractivity contribution in [3.8, 4) is 0 Å². The second-order valence-corrected chi connectivity index (χ2v) is 9.08. The summed E-state index contributed by atoms with van der Waals surface area (Å²) in [5.41, 5.74) is 3.03. The van der Waals surface area contributed by atoms with Crippen molar-refractivity contribution in [2.45, 2.75) is 45.3 Å². The Morgan fingerprint density at radius 3 is 2.35 bits per heavy atom. The molecule has 1 aromatic carbocycles. The van der Waals surface area contributed by atoms with E-state index in [0.29, 0.717) is 18.1 Å². The SMILES string of the molecule is CC1CCCCN1C(=O)c1coc(CN2CCN(Cc3ccc(N(C)C)cc3)CC2)n1. The number of piperidine rings is 1. The predicted octanol–water partition coefficient (Wildman–Crippen LogP) is 3.07. The molecule has 2 aliphatic rings. The Hall–Kier alpha value is -2.38. The van der Waals surface area contributed by atoms with Gasteiger partial charge in [-0.2, -0.15) is 0 Å². The Labute approximate surface area is 185 Å². The highest BCUT2D eigenvalue weighted by Gasteiger charge is 2.27. The molecule has 0 spiro atoms. The van der Waals surface area contributed by atoms with E-state index in [9.17, 15) is 4.79 Å². The second kappa shape index (κ2) is 9.83. The summed E-state index contributed by atoms with van der Waals surface area (Å²) in [6, 6.07) is 9.08. The first-order valence-corrected chi connectivity index (χ1v) is 11.5. The van der Waals surface area contributed by atoms with Crippen LogP contribution < -0.4 is 4.90 Å². The van der Waals surface area contributed by atoms with E-state index in [1.807, 2.05) is 4.90 Å². The summed E-state index contributed by atoms with van der Waals surface area (Å²) in [5.74, 6) is 0.646. The molecule has 2 fully saturated rings. The van der Waals surface area contributed by atoms with Gasteiger partial charge in [-0.15, -0.1) is 0 Å². The van der Waals surface area contributed by atoms with Gasteiger partial charge in [0.2, 0.25) is 5.89 Å². The average Bonchev–Trinajstić information content (AvgIpc) is 3.24. The van der Waals surface area contributed by atoms with Gasteiger partial charge in [0.15, 0.2) is 5.69 Å². The molecule has 3 heterocycles. The molecule has 1 amide bonds. The van der Waals surface area contributed by atoms with Crippen molar-refractivity contribution >= 4 is 11.6 Å². The van der Waals surface area contributed by atoms with E-state index in [1.165, 1.54) is 23.9 Å². The summed E-state index contributed by atoms with van der Waals surface area (Å²) in [4.78, 5) is 26.2. The number of oxazole rings is 1. The lowest BCUT2D eigenvalue weighted by molar-refractivity contribution is 0.0629. The maximum atomic E-state index is 12.8. The third kappa shape index (κ3) is 5.46. The number of amides is 1. The molecule has 31 heavy (non-hydrogen) atoms. The van der Waals surface area contributed by atoms with E-state index in [2.05, 4.69) is 65.0 Å². The monoisotopic (exact) mass is 425 g/mol. The second-order valence-electron chi connectivity index (χ2n) is 9.08. The number of benzene rings is 1. The lowest BCUT2D eigenvalue weighted by Crippen LogP contribution is -2.45. The Kier molecular flexibility index (Phi) is 6.92. The number of anilines is 1. The van der Waals surface area contributed by atoms with Gasteiger partial charge in [0.1, 0.15) is 6.26 Å². The first kappa shape index (κ1) is 21.8. The molecule has 0 saturated carbocycles. The molecule has 168 valence electrons. The van der Waals surface area contributed by atoms with Crippen LogP contribution in [-0.2, 0) is 13.1 Å². The van der Waals surface area contributed by atoms with E-state index in [-0.39, 0.29) is 11.9 Å². The minimum Gasteiger partial charge on any atom is -0.447 e. The van der Waals surface area contributed by atoms with Gasteiger partial charge in [-0.05, 0) is 43.9 Å². The fraction of sp³-hybridized carbons (Fsp3) is 0.583. The molecule has 0 bridgehead atoms. The fourth-order valence-electron chi connectivity index (χ4n) is 4.48. The van der Waals surface area contributed by atoms with Crippen molar-refractivity contribution in [1.82, 2.24) is 19.7 Å². The Morgan fingerprint density at radius 1 is 1.03 bits per heavy atom. The molecule has 1 aromatic heterocycles. The standard InChI is InChI=1S/C24H35N5O2/c1-19-6-4-5-11-29(19)24(30)22-18-31-23(25-22)17-28-14-12-27(13-15-28)16-20-7-9-21(10-8-20)26(2)3/h7-10,18-19H,4-6,11-17H2,1-3H3. The van der Waals surface area contributed by atoms with Crippen molar-refractivity contribution in [3.05, 3.63) is 47.7 Å². The Morgan fingerprint density at radius 2 is 1.71 bits per heavy atom. The first-order valence-electron chi connectivity index (χ1n) is 11.5. The zero-order valence-corrected chi connectivity index (χ0v) is 19.1. The van der Waals surface area contributed by atoms with Crippen LogP contribution in [0.2, 0.25) is 0 Å². The van der Waals surface area contributed by atoms with Crippen LogP contribution >= 0.6 is 0 Å². The fourth-order valence-corrected chi connectivity index (χ4v) is 4.48. The molecular weight excluding hydrogens is 390 g/mol. The molecule has 1 unspecified atom stereocenters. The molecule has 7 heteroatoms. The zero-order chi connectivity index (χ0) is 21.8. The normalized spacial score (nSPS) is 20.7. The van der Waals surface area contributed by atoms with Crippen LogP contribution in [0.15, 0.2) is 34.9 Å². The van der Waals surface area contributed by atoms with Crippen LogP contribution in [-0.4, -0.2) is 78.5 Å². The van der Waals surface area contributed by atoms with Crippen LogP contribution in [0.1, 0.15) is 48.1 Å². The van der Waals surface area contributed by atoms with E-state index in [0.717, 1.165) is 52.1 Å². The maximum Gasteiger partial charge on any atom is 0.276 e. The molecule has 4 rings (SSSR count). The minimum atomic E-state index is 0.00676. The van der Waals surface area contributed by atoms with Crippen LogP contribution in [0.4, 0.5) is 5.69 Å². The van der Waals surface area contributed by atoms with Crippen molar-refractivity contribution in [2.75, 3.05) is 51.7 Å². The Bertz CT molecular complexity index is 855. The van der Waals surface area contributed by atoms with Gasteiger partial charge >= 0.3 is 0 Å². The molecule has 0 N–H and O–H groups in total. The van der Waals surface area contributed by atoms with Crippen LogP contribution in [0.5, 0.6) is 0 Å². The van der Waals surface area contributed by atoms with Crippen LogP contribution in [0.25, 0.3) is 0 Å². The summed E-state index contributed by atoms with van der Waals surface area (Å²) in [6.07, 6.45) is 4.88. The van der Waals surface area contributed by atoms with Gasteiger partial charge in [-0.25, -0.2) is 4.98 Å². The lowest BCUT2D eigenvalue weighted by atomic mass is 10.0. The number of carbonyl (C=O) groups is 1. The number of aromatic nitrogens is 1. The highest BCUT2D eigenvalue weighted by Crippen LogP contribution is 2.20. The molecule has 2 aromatic rings. The van der Waals surface area contributed by atoms with Crippen molar-refractivity contribution in [2.24, 2.45) is 0 Å². The topological polar surface area (TPSA) is 56.1 Å². The molecule has 1 atom stereocenters. The number of carbonyl (C=O) groups excluding carboxylic acids is 1. The zero-order valence-electron chi connectivity index (χ0n) is 19.1. The minimum absolute atomic E-state index is 0.00676.